The van der Waals surface area contributed by atoms with Crippen LogP contribution in [-0.2, 0) is 0 Å². The van der Waals surface area contributed by atoms with Crippen LogP contribution in [0.3, 0.4) is 0 Å². The predicted molar refractivity (Wildman–Crippen MR) is 69.1 cm³/mol. The summed E-state index contributed by atoms with van der Waals surface area (Å²) in [6.07, 6.45) is 0. The van der Waals surface area contributed by atoms with Crippen LogP contribution in [0.1, 0.15) is 24.5 Å². The van der Waals surface area contributed by atoms with Gasteiger partial charge in [0.2, 0.25) is 0 Å². The van der Waals surface area contributed by atoms with E-state index in [-0.39, 0.29) is 6.04 Å². The van der Waals surface area contributed by atoms with E-state index in [0.29, 0.717) is 0 Å². The fraction of sp³-hybridized carbons (Fsp3) is 0.667. The topological polar surface area (TPSA) is 58.3 Å². The monoisotopic (exact) mass is 235 g/mol. The molecule has 1 aliphatic heterocycles. The number of piperazine rings is 1. The molecule has 5 nitrogen and oxygen atoms in total. The average molecular weight is 235 g/mol. The minimum atomic E-state index is -0.0390. The van der Waals surface area contributed by atoms with Gasteiger partial charge in [0.15, 0.2) is 0 Å². The fourth-order valence-electron chi connectivity index (χ4n) is 2.01. The molecule has 1 saturated heterocycles. The number of aryl methyl sites for hydroxylation is 1. The normalized spacial score (nSPS) is 19.4. The van der Waals surface area contributed by atoms with Gasteiger partial charge in [-0.25, -0.2) is 9.97 Å². The highest BCUT2D eigenvalue weighted by atomic mass is 15.3. The van der Waals surface area contributed by atoms with Crippen molar-refractivity contribution >= 4 is 5.82 Å². The first-order valence-electron chi connectivity index (χ1n) is 6.11. The Labute approximate surface area is 103 Å². The molecule has 1 aliphatic rings. The summed E-state index contributed by atoms with van der Waals surface area (Å²) in [6, 6.07) is 1.98. The SMILES string of the molecule is Cc1nc([C@H](C)N)cc(N2CCN(C)CC2)n1. The van der Waals surface area contributed by atoms with Crippen molar-refractivity contribution in [3.63, 3.8) is 0 Å². The van der Waals surface area contributed by atoms with Gasteiger partial charge in [0.05, 0.1) is 5.69 Å². The van der Waals surface area contributed by atoms with Crippen LogP contribution in [0.5, 0.6) is 0 Å². The van der Waals surface area contributed by atoms with E-state index in [2.05, 4.69) is 26.8 Å². The van der Waals surface area contributed by atoms with Crippen molar-refractivity contribution in [2.75, 3.05) is 38.1 Å². The lowest BCUT2D eigenvalue weighted by Gasteiger charge is -2.33. The molecule has 0 aromatic carbocycles. The number of hydrogen-bond acceptors (Lipinski definition) is 5. The summed E-state index contributed by atoms with van der Waals surface area (Å²) in [6.45, 7) is 8.07. The van der Waals surface area contributed by atoms with Crippen LogP contribution < -0.4 is 10.6 Å². The Kier molecular flexibility index (Phi) is 3.59. The molecule has 0 spiro atoms. The molecule has 2 heterocycles. The standard InChI is InChI=1S/C12H21N5/c1-9(13)11-8-12(15-10(2)14-11)17-6-4-16(3)5-7-17/h8-9H,4-7,13H2,1-3H3/t9-/m0/s1. The van der Waals surface area contributed by atoms with E-state index >= 15 is 0 Å². The molecule has 1 atom stereocenters. The van der Waals surface area contributed by atoms with Gasteiger partial charge in [-0.2, -0.15) is 0 Å². The molecule has 5 heteroatoms. The van der Waals surface area contributed by atoms with Gasteiger partial charge in [-0.1, -0.05) is 0 Å². The molecule has 2 N–H and O–H groups in total. The highest BCUT2D eigenvalue weighted by Crippen LogP contribution is 2.17. The third-order valence-electron chi connectivity index (χ3n) is 3.14. The lowest BCUT2D eigenvalue weighted by molar-refractivity contribution is 0.312. The van der Waals surface area contributed by atoms with Gasteiger partial charge in [0.25, 0.3) is 0 Å². The first-order chi connectivity index (χ1) is 8.06. The Bertz CT molecular complexity index is 382. The van der Waals surface area contributed by atoms with Crippen molar-refractivity contribution in [1.82, 2.24) is 14.9 Å². The summed E-state index contributed by atoms with van der Waals surface area (Å²) >= 11 is 0. The number of hydrogen-bond donors (Lipinski definition) is 1. The molecule has 0 saturated carbocycles. The highest BCUT2D eigenvalue weighted by Gasteiger charge is 2.17. The summed E-state index contributed by atoms with van der Waals surface area (Å²) in [5.74, 6) is 1.81. The molecule has 0 aliphatic carbocycles. The van der Waals surface area contributed by atoms with Crippen LogP contribution in [0.25, 0.3) is 0 Å². The summed E-state index contributed by atoms with van der Waals surface area (Å²) in [7, 11) is 2.15. The third-order valence-corrected chi connectivity index (χ3v) is 3.14. The van der Waals surface area contributed by atoms with Crippen LogP contribution in [0.15, 0.2) is 6.07 Å². The molecule has 1 aromatic heterocycles. The maximum atomic E-state index is 5.89. The first-order valence-corrected chi connectivity index (χ1v) is 6.11. The van der Waals surface area contributed by atoms with Crippen LogP contribution in [-0.4, -0.2) is 48.1 Å². The minimum Gasteiger partial charge on any atom is -0.354 e. The molecule has 17 heavy (non-hydrogen) atoms. The van der Waals surface area contributed by atoms with E-state index in [0.717, 1.165) is 43.5 Å². The number of anilines is 1. The van der Waals surface area contributed by atoms with E-state index in [1.807, 2.05) is 19.9 Å². The molecule has 1 aromatic rings. The quantitative estimate of drug-likeness (QED) is 0.811. The van der Waals surface area contributed by atoms with Crippen molar-refractivity contribution in [2.24, 2.45) is 5.73 Å². The summed E-state index contributed by atoms with van der Waals surface area (Å²) in [4.78, 5) is 13.5. The van der Waals surface area contributed by atoms with E-state index in [1.54, 1.807) is 0 Å². The molecular formula is C12H21N5. The number of nitrogens with zero attached hydrogens (tertiary/aromatic N) is 4. The van der Waals surface area contributed by atoms with E-state index < -0.39 is 0 Å². The van der Waals surface area contributed by atoms with Gasteiger partial charge in [-0.3, -0.25) is 0 Å². The second kappa shape index (κ2) is 4.98. The summed E-state index contributed by atoms with van der Waals surface area (Å²) < 4.78 is 0. The number of aromatic nitrogens is 2. The Morgan fingerprint density at radius 3 is 2.47 bits per heavy atom. The van der Waals surface area contributed by atoms with Crippen molar-refractivity contribution in [2.45, 2.75) is 19.9 Å². The maximum absolute atomic E-state index is 5.89. The first kappa shape index (κ1) is 12.3. The van der Waals surface area contributed by atoms with Crippen LogP contribution in [0.4, 0.5) is 5.82 Å². The van der Waals surface area contributed by atoms with Gasteiger partial charge in [0, 0.05) is 38.3 Å². The van der Waals surface area contributed by atoms with Crippen LogP contribution in [0.2, 0.25) is 0 Å². The minimum absolute atomic E-state index is 0.0390. The third kappa shape index (κ3) is 2.92. The zero-order valence-corrected chi connectivity index (χ0v) is 10.8. The van der Waals surface area contributed by atoms with Crippen LogP contribution >= 0.6 is 0 Å². The zero-order chi connectivity index (χ0) is 12.4. The molecule has 94 valence electrons. The Hall–Kier alpha value is -1.20. The number of rotatable bonds is 2. The Morgan fingerprint density at radius 1 is 1.24 bits per heavy atom. The lowest BCUT2D eigenvalue weighted by atomic mass is 10.2. The molecule has 1 fully saturated rings. The second-order valence-corrected chi connectivity index (χ2v) is 4.78. The van der Waals surface area contributed by atoms with Gasteiger partial charge in [-0.15, -0.1) is 0 Å². The van der Waals surface area contributed by atoms with Crippen molar-refractivity contribution in [3.05, 3.63) is 17.6 Å². The smallest absolute Gasteiger partial charge is 0.132 e. The molecule has 0 radical (unpaired) electrons. The van der Waals surface area contributed by atoms with E-state index in [1.165, 1.54) is 0 Å². The highest BCUT2D eigenvalue weighted by molar-refractivity contribution is 5.41. The van der Waals surface area contributed by atoms with Gasteiger partial charge in [0.1, 0.15) is 11.6 Å². The largest absolute Gasteiger partial charge is 0.354 e. The van der Waals surface area contributed by atoms with E-state index in [4.69, 9.17) is 5.73 Å². The maximum Gasteiger partial charge on any atom is 0.132 e. The molecular weight excluding hydrogens is 214 g/mol. The van der Waals surface area contributed by atoms with Gasteiger partial charge >= 0.3 is 0 Å². The van der Waals surface area contributed by atoms with Crippen molar-refractivity contribution in [1.29, 1.82) is 0 Å². The Morgan fingerprint density at radius 2 is 1.88 bits per heavy atom. The van der Waals surface area contributed by atoms with Crippen LogP contribution in [0, 0.1) is 6.92 Å². The van der Waals surface area contributed by atoms with Gasteiger partial charge < -0.3 is 15.5 Å². The zero-order valence-electron chi connectivity index (χ0n) is 10.8. The molecule has 0 bridgehead atoms. The summed E-state index contributed by atoms with van der Waals surface area (Å²) in [5.41, 5.74) is 6.81. The Balaban J connectivity index is 2.20. The second-order valence-electron chi connectivity index (χ2n) is 4.78. The van der Waals surface area contributed by atoms with Crippen molar-refractivity contribution < 1.29 is 0 Å². The van der Waals surface area contributed by atoms with Crippen molar-refractivity contribution in [3.8, 4) is 0 Å². The van der Waals surface area contributed by atoms with Gasteiger partial charge in [-0.05, 0) is 20.9 Å². The number of likely N-dealkylation sites (N-methyl/N-ethyl adjacent to an activating group) is 1. The fourth-order valence-corrected chi connectivity index (χ4v) is 2.01. The molecule has 0 amide bonds. The van der Waals surface area contributed by atoms with E-state index in [9.17, 15) is 0 Å². The number of nitrogens with two attached hydrogens (primary N) is 1. The molecule has 2 rings (SSSR count). The predicted octanol–water partition coefficient (Wildman–Crippen LogP) is 0.557. The summed E-state index contributed by atoms with van der Waals surface area (Å²) in [5, 5.41) is 0. The molecule has 0 unspecified atom stereocenters. The average Bonchev–Trinajstić information content (AvgIpc) is 2.29. The lowest BCUT2D eigenvalue weighted by Crippen LogP contribution is -2.45.